The first-order chi connectivity index (χ1) is 11.4. The van der Waals surface area contributed by atoms with Crippen molar-refractivity contribution in [2.45, 2.75) is 32.4 Å². The fourth-order valence-corrected chi connectivity index (χ4v) is 3.89. The topological polar surface area (TPSA) is 62.3 Å². The van der Waals surface area contributed by atoms with Crippen molar-refractivity contribution in [2.75, 3.05) is 11.6 Å². The van der Waals surface area contributed by atoms with Crippen molar-refractivity contribution in [3.8, 4) is 0 Å². The number of carbonyl (C=O) groups excluding carboxylic acids is 2. The molecule has 126 valence electrons. The molecule has 2 aromatic rings. The SMILES string of the molecule is CC(C)(C)NC(=O)C1CSCN1C(=O)c1nccc2ccccc12. The number of carbonyl (C=O) groups is 2. The summed E-state index contributed by atoms with van der Waals surface area (Å²) < 4.78 is 0. The maximum atomic E-state index is 13.0. The van der Waals surface area contributed by atoms with Gasteiger partial charge in [0, 0.05) is 22.9 Å². The van der Waals surface area contributed by atoms with Crippen molar-refractivity contribution in [1.82, 2.24) is 15.2 Å². The third-order valence-corrected chi connectivity index (χ3v) is 4.83. The highest BCUT2D eigenvalue weighted by Crippen LogP contribution is 2.26. The molecule has 1 aromatic carbocycles. The van der Waals surface area contributed by atoms with Crippen LogP contribution in [0.1, 0.15) is 31.3 Å². The van der Waals surface area contributed by atoms with Crippen molar-refractivity contribution in [1.29, 1.82) is 0 Å². The Hall–Kier alpha value is -2.08. The van der Waals surface area contributed by atoms with E-state index in [2.05, 4.69) is 10.3 Å². The Balaban J connectivity index is 1.89. The molecule has 1 N–H and O–H groups in total. The Labute approximate surface area is 145 Å². The number of nitrogens with one attached hydrogen (secondary N) is 1. The fourth-order valence-electron chi connectivity index (χ4n) is 2.74. The quantitative estimate of drug-likeness (QED) is 0.911. The van der Waals surface area contributed by atoms with Gasteiger partial charge in [-0.25, -0.2) is 0 Å². The molecule has 2 heterocycles. The number of hydrogen-bond acceptors (Lipinski definition) is 4. The summed E-state index contributed by atoms with van der Waals surface area (Å²) in [6, 6.07) is 9.10. The zero-order chi connectivity index (χ0) is 17.3. The van der Waals surface area contributed by atoms with Gasteiger partial charge in [0.2, 0.25) is 5.91 Å². The van der Waals surface area contributed by atoms with Crippen molar-refractivity contribution in [3.05, 3.63) is 42.2 Å². The number of nitrogens with zero attached hydrogens (tertiary/aromatic N) is 2. The summed E-state index contributed by atoms with van der Waals surface area (Å²) in [5, 5.41) is 4.76. The van der Waals surface area contributed by atoms with E-state index in [1.54, 1.807) is 22.9 Å². The van der Waals surface area contributed by atoms with Crippen LogP contribution >= 0.6 is 11.8 Å². The molecule has 0 bridgehead atoms. The van der Waals surface area contributed by atoms with E-state index in [4.69, 9.17) is 0 Å². The smallest absolute Gasteiger partial charge is 0.274 e. The normalized spacial score (nSPS) is 18.0. The van der Waals surface area contributed by atoms with Gasteiger partial charge < -0.3 is 10.2 Å². The molecule has 0 radical (unpaired) electrons. The van der Waals surface area contributed by atoms with Gasteiger partial charge in [0.25, 0.3) is 5.91 Å². The summed E-state index contributed by atoms with van der Waals surface area (Å²) in [4.78, 5) is 31.5. The van der Waals surface area contributed by atoms with Gasteiger partial charge in [-0.1, -0.05) is 24.3 Å². The maximum Gasteiger partial charge on any atom is 0.274 e. The highest BCUT2D eigenvalue weighted by molar-refractivity contribution is 7.99. The number of thioether (sulfide) groups is 1. The van der Waals surface area contributed by atoms with Crippen molar-refractivity contribution in [2.24, 2.45) is 0 Å². The lowest BCUT2D eigenvalue weighted by Gasteiger charge is -2.27. The van der Waals surface area contributed by atoms with E-state index < -0.39 is 6.04 Å². The highest BCUT2D eigenvalue weighted by atomic mass is 32.2. The van der Waals surface area contributed by atoms with Crippen LogP contribution in [0.25, 0.3) is 10.8 Å². The minimum absolute atomic E-state index is 0.110. The summed E-state index contributed by atoms with van der Waals surface area (Å²) in [6.07, 6.45) is 1.64. The second-order valence-electron chi connectivity index (χ2n) is 6.91. The Morgan fingerprint density at radius 2 is 2.00 bits per heavy atom. The molecule has 1 fully saturated rings. The Morgan fingerprint density at radius 1 is 1.25 bits per heavy atom. The van der Waals surface area contributed by atoms with Crippen LogP contribution < -0.4 is 5.32 Å². The molecule has 1 unspecified atom stereocenters. The lowest BCUT2D eigenvalue weighted by Crippen LogP contribution is -2.52. The molecular formula is C18H21N3O2S. The minimum Gasteiger partial charge on any atom is -0.350 e. The van der Waals surface area contributed by atoms with Crippen LogP contribution in [0.5, 0.6) is 0 Å². The van der Waals surface area contributed by atoms with Crippen LogP contribution in [0.3, 0.4) is 0 Å². The molecule has 2 amide bonds. The summed E-state index contributed by atoms with van der Waals surface area (Å²) >= 11 is 1.59. The maximum absolute atomic E-state index is 13.0. The predicted molar refractivity (Wildman–Crippen MR) is 96.9 cm³/mol. The van der Waals surface area contributed by atoms with Crippen LogP contribution in [0, 0.1) is 0 Å². The first-order valence-corrected chi connectivity index (χ1v) is 9.07. The standard InChI is InChI=1S/C18H21N3O2S/c1-18(2,3)20-16(22)14-10-24-11-21(14)17(23)15-13-7-5-4-6-12(13)8-9-19-15/h4-9,14H,10-11H2,1-3H3,(H,20,22). The predicted octanol–water partition coefficient (Wildman–Crippen LogP) is 2.66. The zero-order valence-corrected chi connectivity index (χ0v) is 14.9. The van der Waals surface area contributed by atoms with E-state index in [0.29, 0.717) is 17.3 Å². The fraction of sp³-hybridized carbons (Fsp3) is 0.389. The average molecular weight is 343 g/mol. The molecule has 1 aliphatic heterocycles. The van der Waals surface area contributed by atoms with Gasteiger partial charge in [0.15, 0.2) is 0 Å². The molecule has 5 nitrogen and oxygen atoms in total. The van der Waals surface area contributed by atoms with E-state index in [9.17, 15) is 9.59 Å². The molecule has 1 aliphatic rings. The number of pyridine rings is 1. The van der Waals surface area contributed by atoms with Crippen LogP contribution in [-0.2, 0) is 4.79 Å². The van der Waals surface area contributed by atoms with Gasteiger partial charge >= 0.3 is 0 Å². The van der Waals surface area contributed by atoms with Crippen LogP contribution in [0.15, 0.2) is 36.5 Å². The Kier molecular flexibility index (Phi) is 4.49. The molecule has 1 saturated heterocycles. The summed E-state index contributed by atoms with van der Waals surface area (Å²) in [6.45, 7) is 5.81. The summed E-state index contributed by atoms with van der Waals surface area (Å²) in [5.41, 5.74) is 0.0840. The zero-order valence-electron chi connectivity index (χ0n) is 14.1. The third kappa shape index (κ3) is 3.38. The summed E-state index contributed by atoms with van der Waals surface area (Å²) in [5.74, 6) is 0.816. The lowest BCUT2D eigenvalue weighted by atomic mass is 10.1. The number of amides is 2. The van der Waals surface area contributed by atoms with Gasteiger partial charge in [-0.3, -0.25) is 14.6 Å². The Bertz CT molecular complexity index is 780. The molecule has 24 heavy (non-hydrogen) atoms. The van der Waals surface area contributed by atoms with Crippen molar-refractivity contribution < 1.29 is 9.59 Å². The molecular weight excluding hydrogens is 322 g/mol. The van der Waals surface area contributed by atoms with E-state index in [0.717, 1.165) is 10.8 Å². The monoisotopic (exact) mass is 343 g/mol. The number of benzene rings is 1. The molecule has 0 aliphatic carbocycles. The van der Waals surface area contributed by atoms with Gasteiger partial charge in [0.05, 0.1) is 5.88 Å². The first kappa shape index (κ1) is 16.8. The van der Waals surface area contributed by atoms with E-state index in [-0.39, 0.29) is 17.4 Å². The van der Waals surface area contributed by atoms with Gasteiger partial charge in [-0.2, -0.15) is 0 Å². The molecule has 6 heteroatoms. The number of fused-ring (bicyclic) bond motifs is 1. The number of aromatic nitrogens is 1. The molecule has 1 atom stereocenters. The Morgan fingerprint density at radius 3 is 2.75 bits per heavy atom. The number of hydrogen-bond donors (Lipinski definition) is 1. The van der Waals surface area contributed by atoms with Gasteiger partial charge in [-0.05, 0) is 32.2 Å². The van der Waals surface area contributed by atoms with Crippen molar-refractivity contribution in [3.63, 3.8) is 0 Å². The van der Waals surface area contributed by atoms with Gasteiger partial charge in [0.1, 0.15) is 11.7 Å². The van der Waals surface area contributed by atoms with Crippen LogP contribution in [0.2, 0.25) is 0 Å². The highest BCUT2D eigenvalue weighted by Gasteiger charge is 2.37. The van der Waals surface area contributed by atoms with Gasteiger partial charge in [-0.15, -0.1) is 11.8 Å². The minimum atomic E-state index is -0.456. The molecule has 0 spiro atoms. The second-order valence-corrected chi connectivity index (χ2v) is 7.91. The molecule has 3 rings (SSSR count). The largest absolute Gasteiger partial charge is 0.350 e. The molecule has 1 aromatic heterocycles. The van der Waals surface area contributed by atoms with E-state index in [1.807, 2.05) is 51.1 Å². The first-order valence-electron chi connectivity index (χ1n) is 7.91. The average Bonchev–Trinajstić information content (AvgIpc) is 3.02. The summed E-state index contributed by atoms with van der Waals surface area (Å²) in [7, 11) is 0. The molecule has 0 saturated carbocycles. The third-order valence-electron chi connectivity index (χ3n) is 3.82. The van der Waals surface area contributed by atoms with Crippen molar-refractivity contribution >= 4 is 34.3 Å². The number of rotatable bonds is 2. The van der Waals surface area contributed by atoms with Crippen LogP contribution in [-0.4, -0.2) is 44.9 Å². The lowest BCUT2D eigenvalue weighted by molar-refractivity contribution is -0.125. The van der Waals surface area contributed by atoms with E-state index >= 15 is 0 Å². The second kappa shape index (κ2) is 6.43. The van der Waals surface area contributed by atoms with Crippen LogP contribution in [0.4, 0.5) is 0 Å². The van der Waals surface area contributed by atoms with E-state index in [1.165, 1.54) is 0 Å².